The third kappa shape index (κ3) is 3.12. The van der Waals surface area contributed by atoms with Crippen molar-refractivity contribution in [1.82, 2.24) is 29.6 Å². The van der Waals surface area contributed by atoms with Crippen LogP contribution in [0.4, 0.5) is 5.82 Å². The van der Waals surface area contributed by atoms with Gasteiger partial charge in [-0.3, -0.25) is 9.69 Å². The second kappa shape index (κ2) is 6.97. The molecule has 1 unspecified atom stereocenters. The number of anilines is 1. The molecule has 2 aromatic heterocycles. The van der Waals surface area contributed by atoms with Gasteiger partial charge in [0.25, 0.3) is 0 Å². The summed E-state index contributed by atoms with van der Waals surface area (Å²) in [6.45, 7) is 3.57. The number of aromatic nitrogens is 4. The molecule has 150 valence electrons. The van der Waals surface area contributed by atoms with Crippen molar-refractivity contribution < 1.29 is 9.53 Å². The molecule has 0 bridgehead atoms. The number of ether oxygens (including phenoxy) is 1. The van der Waals surface area contributed by atoms with Crippen molar-refractivity contribution >= 4 is 17.4 Å². The summed E-state index contributed by atoms with van der Waals surface area (Å²) in [4.78, 5) is 17.9. The van der Waals surface area contributed by atoms with Gasteiger partial charge in [0, 0.05) is 45.2 Å². The first-order chi connectivity index (χ1) is 13.6. The number of carbonyl (C=O) groups excluding carboxylic acids is 1. The molecule has 1 aliphatic carbocycles. The first-order valence-corrected chi connectivity index (χ1v) is 10.1. The van der Waals surface area contributed by atoms with Crippen molar-refractivity contribution in [3.63, 3.8) is 0 Å². The molecule has 9 heteroatoms. The van der Waals surface area contributed by atoms with Crippen molar-refractivity contribution in [2.75, 3.05) is 51.8 Å². The van der Waals surface area contributed by atoms with Gasteiger partial charge in [0.2, 0.25) is 5.91 Å². The molecule has 2 aromatic rings. The second-order valence-electron chi connectivity index (χ2n) is 8.35. The highest BCUT2D eigenvalue weighted by atomic mass is 16.5. The molecule has 0 aromatic carbocycles. The fourth-order valence-electron chi connectivity index (χ4n) is 4.15. The summed E-state index contributed by atoms with van der Waals surface area (Å²) < 4.78 is 7.61. The van der Waals surface area contributed by atoms with Crippen molar-refractivity contribution in [3.8, 4) is 0 Å². The fraction of sp³-hybridized carbons (Fsp3) is 0.684. The lowest BCUT2D eigenvalue weighted by molar-refractivity contribution is -0.147. The summed E-state index contributed by atoms with van der Waals surface area (Å²) in [5, 5.41) is 13.4. The molecule has 0 spiro atoms. The Hall–Kier alpha value is -2.26. The summed E-state index contributed by atoms with van der Waals surface area (Å²) in [6.07, 6.45) is 3.73. The van der Waals surface area contributed by atoms with E-state index in [1.54, 1.807) is 4.90 Å². The summed E-state index contributed by atoms with van der Waals surface area (Å²) in [7, 11) is 3.97. The monoisotopic (exact) mass is 385 g/mol. The van der Waals surface area contributed by atoms with Gasteiger partial charge in [-0.2, -0.15) is 4.52 Å². The molecule has 2 saturated heterocycles. The molecule has 9 nitrogen and oxygen atoms in total. The van der Waals surface area contributed by atoms with Crippen molar-refractivity contribution in [2.45, 2.75) is 37.3 Å². The number of likely N-dealkylation sites (N-methyl/N-ethyl adjacent to an activating group) is 2. The predicted molar refractivity (Wildman–Crippen MR) is 103 cm³/mol. The van der Waals surface area contributed by atoms with Gasteiger partial charge < -0.3 is 14.5 Å². The zero-order valence-electron chi connectivity index (χ0n) is 16.5. The van der Waals surface area contributed by atoms with Crippen molar-refractivity contribution in [1.29, 1.82) is 0 Å². The highest BCUT2D eigenvalue weighted by molar-refractivity contribution is 5.77. The molecule has 0 radical (unpaired) electrons. The normalized spacial score (nSPS) is 24.1. The lowest BCUT2D eigenvalue weighted by Crippen LogP contribution is -2.61. The van der Waals surface area contributed by atoms with E-state index in [2.05, 4.69) is 27.0 Å². The van der Waals surface area contributed by atoms with Crippen LogP contribution in [-0.2, 0) is 9.53 Å². The van der Waals surface area contributed by atoms with E-state index in [0.29, 0.717) is 18.5 Å². The highest BCUT2D eigenvalue weighted by Gasteiger charge is 2.34. The number of hydrogen-bond acceptors (Lipinski definition) is 7. The highest BCUT2D eigenvalue weighted by Crippen LogP contribution is 2.35. The minimum Gasteiger partial charge on any atom is -0.365 e. The Morgan fingerprint density at radius 2 is 2.04 bits per heavy atom. The van der Waals surface area contributed by atoms with Gasteiger partial charge in [-0.05, 0) is 32.0 Å². The minimum atomic E-state index is 0.0606. The second-order valence-corrected chi connectivity index (χ2v) is 8.35. The van der Waals surface area contributed by atoms with Crippen LogP contribution in [0, 0.1) is 0 Å². The molecule has 1 atom stereocenters. The number of nitrogens with zero attached hydrogens (tertiary/aromatic N) is 7. The standard InChI is InChI=1S/C19H27N7O2/c1-23(10-15-11-24(2)18(27)12-28-15)14-8-25(9-14)17-7-6-16-20-21-19(26(16)22-17)13-4-3-5-13/h6-7,13-15H,3-5,8-12H2,1-2H3. The quantitative estimate of drug-likeness (QED) is 0.736. The number of hydrogen-bond donors (Lipinski definition) is 0. The number of fused-ring (bicyclic) bond motifs is 1. The summed E-state index contributed by atoms with van der Waals surface area (Å²) in [5.74, 6) is 2.56. The van der Waals surface area contributed by atoms with E-state index in [-0.39, 0.29) is 18.6 Å². The molecule has 1 saturated carbocycles. The topological polar surface area (TPSA) is 79.1 Å². The van der Waals surface area contributed by atoms with Gasteiger partial charge in [0.1, 0.15) is 12.4 Å². The molecule has 28 heavy (non-hydrogen) atoms. The van der Waals surface area contributed by atoms with Gasteiger partial charge in [0.05, 0.1) is 6.10 Å². The van der Waals surface area contributed by atoms with E-state index in [1.165, 1.54) is 19.3 Å². The summed E-state index contributed by atoms with van der Waals surface area (Å²) in [6, 6.07) is 4.52. The summed E-state index contributed by atoms with van der Waals surface area (Å²) >= 11 is 0. The maximum absolute atomic E-state index is 11.6. The Balaban J connectivity index is 1.20. The number of amides is 1. The molecule has 3 aliphatic rings. The first kappa shape index (κ1) is 17.8. The largest absolute Gasteiger partial charge is 0.365 e. The molecule has 0 N–H and O–H groups in total. The molecular weight excluding hydrogens is 358 g/mol. The molecule has 4 heterocycles. The van der Waals surface area contributed by atoms with E-state index in [4.69, 9.17) is 9.84 Å². The van der Waals surface area contributed by atoms with Crippen LogP contribution in [0.15, 0.2) is 12.1 Å². The molecular formula is C19H27N7O2. The van der Waals surface area contributed by atoms with Crippen LogP contribution in [-0.4, -0.2) is 94.5 Å². The fourth-order valence-corrected chi connectivity index (χ4v) is 4.15. The van der Waals surface area contributed by atoms with Crippen LogP contribution >= 0.6 is 0 Å². The zero-order valence-corrected chi connectivity index (χ0v) is 16.5. The number of morpholine rings is 1. The van der Waals surface area contributed by atoms with Gasteiger partial charge in [0.15, 0.2) is 11.5 Å². The summed E-state index contributed by atoms with van der Waals surface area (Å²) in [5.41, 5.74) is 0.827. The van der Waals surface area contributed by atoms with E-state index in [9.17, 15) is 4.79 Å². The van der Waals surface area contributed by atoms with Crippen LogP contribution in [0.25, 0.3) is 5.65 Å². The van der Waals surface area contributed by atoms with Crippen LogP contribution in [0.2, 0.25) is 0 Å². The lowest BCUT2D eigenvalue weighted by atomic mass is 9.85. The van der Waals surface area contributed by atoms with Crippen LogP contribution in [0.3, 0.4) is 0 Å². The van der Waals surface area contributed by atoms with Gasteiger partial charge in [-0.25, -0.2) is 0 Å². The Morgan fingerprint density at radius 1 is 1.21 bits per heavy atom. The number of carbonyl (C=O) groups is 1. The van der Waals surface area contributed by atoms with E-state index in [0.717, 1.165) is 36.9 Å². The Kier molecular flexibility index (Phi) is 4.43. The van der Waals surface area contributed by atoms with E-state index >= 15 is 0 Å². The molecule has 1 amide bonds. The maximum atomic E-state index is 11.6. The average molecular weight is 385 g/mol. The maximum Gasteiger partial charge on any atom is 0.248 e. The van der Waals surface area contributed by atoms with E-state index < -0.39 is 0 Å². The average Bonchev–Trinajstić information content (AvgIpc) is 2.99. The molecule has 2 aliphatic heterocycles. The minimum absolute atomic E-state index is 0.0606. The van der Waals surface area contributed by atoms with Crippen LogP contribution < -0.4 is 4.90 Å². The lowest BCUT2D eigenvalue weighted by Gasteiger charge is -2.45. The Bertz CT molecular complexity index is 874. The molecule has 3 fully saturated rings. The molecule has 5 rings (SSSR count). The van der Waals surface area contributed by atoms with Crippen molar-refractivity contribution in [2.24, 2.45) is 0 Å². The van der Waals surface area contributed by atoms with Crippen LogP contribution in [0.5, 0.6) is 0 Å². The third-order valence-electron chi connectivity index (χ3n) is 6.39. The SMILES string of the molecule is CN1CC(CN(C)C2CN(c3ccc4nnc(C5CCC5)n4n3)C2)OCC1=O. The third-order valence-corrected chi connectivity index (χ3v) is 6.39. The number of rotatable bonds is 5. The van der Waals surface area contributed by atoms with Crippen LogP contribution in [0.1, 0.15) is 31.0 Å². The Labute approximate surface area is 164 Å². The first-order valence-electron chi connectivity index (χ1n) is 10.1. The Morgan fingerprint density at radius 3 is 2.75 bits per heavy atom. The smallest absolute Gasteiger partial charge is 0.248 e. The predicted octanol–water partition coefficient (Wildman–Crippen LogP) is 0.369. The van der Waals surface area contributed by atoms with Gasteiger partial charge in [-0.15, -0.1) is 15.3 Å². The van der Waals surface area contributed by atoms with Crippen molar-refractivity contribution in [3.05, 3.63) is 18.0 Å². The van der Waals surface area contributed by atoms with E-state index in [1.807, 2.05) is 23.7 Å². The van der Waals surface area contributed by atoms with Gasteiger partial charge >= 0.3 is 0 Å². The van der Waals surface area contributed by atoms with Gasteiger partial charge in [-0.1, -0.05) is 6.42 Å². The zero-order chi connectivity index (χ0) is 19.3.